The van der Waals surface area contributed by atoms with Crippen molar-refractivity contribution in [3.05, 3.63) is 39.2 Å². The predicted octanol–water partition coefficient (Wildman–Crippen LogP) is 3.37. The van der Waals surface area contributed by atoms with Gasteiger partial charge in [0.15, 0.2) is 11.0 Å². The molecule has 1 aliphatic heterocycles. The highest BCUT2D eigenvalue weighted by atomic mass is 35.5. The number of rotatable bonds is 5. The van der Waals surface area contributed by atoms with Crippen molar-refractivity contribution in [2.75, 3.05) is 19.6 Å². The molecule has 0 radical (unpaired) electrons. The molecule has 1 N–H and O–H groups in total. The van der Waals surface area contributed by atoms with Crippen molar-refractivity contribution in [2.24, 2.45) is 5.92 Å². The van der Waals surface area contributed by atoms with Crippen molar-refractivity contribution >= 4 is 41.3 Å². The summed E-state index contributed by atoms with van der Waals surface area (Å²) in [4.78, 5) is 19.9. The van der Waals surface area contributed by atoms with Crippen molar-refractivity contribution in [1.29, 1.82) is 0 Å². The molecule has 2 aromatic rings. The van der Waals surface area contributed by atoms with Gasteiger partial charge in [-0.15, -0.1) is 23.7 Å². The van der Waals surface area contributed by atoms with Crippen LogP contribution in [0.1, 0.15) is 27.5 Å². The monoisotopic (exact) mass is 375 g/mol. The highest BCUT2D eigenvalue weighted by molar-refractivity contribution is 7.09. The van der Waals surface area contributed by atoms with Gasteiger partial charge in [-0.2, -0.15) is 0 Å². The topological polar surface area (TPSA) is 58.4 Å². The van der Waals surface area contributed by atoms with Crippen LogP contribution in [0.25, 0.3) is 0 Å². The molecule has 1 amide bonds. The van der Waals surface area contributed by atoms with Gasteiger partial charge in [0.05, 0.1) is 17.7 Å². The van der Waals surface area contributed by atoms with Gasteiger partial charge < -0.3 is 14.6 Å². The number of hydrogen-bond donors (Lipinski definition) is 1. The number of nitrogens with zero attached hydrogens (tertiary/aromatic N) is 2. The summed E-state index contributed by atoms with van der Waals surface area (Å²) in [5.74, 6) is 0.646. The zero-order valence-electron chi connectivity index (χ0n) is 12.8. The van der Waals surface area contributed by atoms with E-state index in [-0.39, 0.29) is 29.3 Å². The van der Waals surface area contributed by atoms with Crippen LogP contribution in [0.4, 0.5) is 0 Å². The Morgan fingerprint density at radius 2 is 2.39 bits per heavy atom. The van der Waals surface area contributed by atoms with Gasteiger partial charge in [-0.05, 0) is 56.1 Å². The van der Waals surface area contributed by atoms with E-state index in [2.05, 4.69) is 10.3 Å². The van der Waals surface area contributed by atoms with Crippen LogP contribution in [0.5, 0.6) is 0 Å². The number of aryl methyl sites for hydroxylation is 1. The molecular weight excluding hydrogens is 357 g/mol. The Labute approximate surface area is 150 Å². The van der Waals surface area contributed by atoms with Crippen molar-refractivity contribution in [1.82, 2.24) is 15.2 Å². The van der Waals surface area contributed by atoms with Crippen molar-refractivity contribution < 1.29 is 9.21 Å². The lowest BCUT2D eigenvalue weighted by molar-refractivity contribution is 0.0688. The van der Waals surface area contributed by atoms with E-state index in [1.54, 1.807) is 23.5 Å². The maximum Gasteiger partial charge on any atom is 0.289 e. The number of furan rings is 1. The summed E-state index contributed by atoms with van der Waals surface area (Å²) in [6.45, 7) is 5.20. The summed E-state index contributed by atoms with van der Waals surface area (Å²) in [5, 5.41) is 3.57. The van der Waals surface area contributed by atoms with E-state index in [0.717, 1.165) is 30.1 Å². The molecule has 5 nitrogen and oxygen atoms in total. The van der Waals surface area contributed by atoms with Crippen molar-refractivity contribution in [3.63, 3.8) is 0 Å². The van der Waals surface area contributed by atoms with E-state index in [9.17, 15) is 4.79 Å². The summed E-state index contributed by atoms with van der Waals surface area (Å²) in [7, 11) is 0. The fourth-order valence-corrected chi connectivity index (χ4v) is 3.58. The second-order valence-electron chi connectivity index (χ2n) is 5.51. The van der Waals surface area contributed by atoms with Crippen LogP contribution >= 0.6 is 35.3 Å². The van der Waals surface area contributed by atoms with Crippen LogP contribution in [0.3, 0.4) is 0 Å². The largest absolute Gasteiger partial charge is 0.440 e. The summed E-state index contributed by atoms with van der Waals surface area (Å²) < 4.78 is 5.29. The summed E-state index contributed by atoms with van der Waals surface area (Å²) >= 11 is 7.37. The molecule has 0 aromatic carbocycles. The average Bonchev–Trinajstić information content (AvgIpc) is 3.22. The summed E-state index contributed by atoms with van der Waals surface area (Å²) in [6.07, 6.45) is 1.09. The van der Waals surface area contributed by atoms with E-state index in [4.69, 9.17) is 16.0 Å². The maximum atomic E-state index is 12.7. The van der Waals surface area contributed by atoms with Crippen LogP contribution in [-0.2, 0) is 6.54 Å². The first-order chi connectivity index (χ1) is 10.6. The standard InChI is InChI=1S/C15H18ClN3O2S.ClH/c1-10-13(22-9-18-10)8-19(7-11-4-5-17-6-11)15(20)12-2-3-14(16)21-12;/h2-3,9,11,17H,4-8H2,1H3;1H. The third-order valence-corrected chi connectivity index (χ3v) is 5.01. The lowest BCUT2D eigenvalue weighted by atomic mass is 10.1. The number of hydrogen-bond acceptors (Lipinski definition) is 5. The van der Waals surface area contributed by atoms with Crippen molar-refractivity contribution in [3.8, 4) is 0 Å². The minimum atomic E-state index is -0.119. The molecule has 3 heterocycles. The molecule has 3 rings (SSSR count). The number of thiazole rings is 1. The Morgan fingerprint density at radius 3 is 2.96 bits per heavy atom. The highest BCUT2D eigenvalue weighted by Crippen LogP contribution is 2.21. The number of aromatic nitrogens is 1. The van der Waals surface area contributed by atoms with Crippen LogP contribution in [0, 0.1) is 12.8 Å². The molecular formula is C15H19Cl2N3O2S. The molecule has 1 unspecified atom stereocenters. The third kappa shape index (κ3) is 4.47. The lowest BCUT2D eigenvalue weighted by Crippen LogP contribution is -2.35. The molecule has 1 fully saturated rings. The Bertz CT molecular complexity index is 653. The second kappa shape index (κ2) is 8.15. The average molecular weight is 376 g/mol. The van der Waals surface area contributed by atoms with E-state index < -0.39 is 0 Å². The zero-order chi connectivity index (χ0) is 15.5. The lowest BCUT2D eigenvalue weighted by Gasteiger charge is -2.24. The molecule has 126 valence electrons. The van der Waals surface area contributed by atoms with E-state index in [0.29, 0.717) is 19.0 Å². The van der Waals surface area contributed by atoms with Crippen LogP contribution in [-0.4, -0.2) is 35.4 Å². The fourth-order valence-electron chi connectivity index (χ4n) is 2.64. The molecule has 1 atom stereocenters. The first-order valence-electron chi connectivity index (χ1n) is 7.28. The van der Waals surface area contributed by atoms with E-state index in [1.165, 1.54) is 0 Å². The Balaban J connectivity index is 0.00000192. The van der Waals surface area contributed by atoms with Gasteiger partial charge in [0, 0.05) is 11.4 Å². The normalized spacial score (nSPS) is 17.0. The Morgan fingerprint density at radius 1 is 1.57 bits per heavy atom. The van der Waals surface area contributed by atoms with Crippen molar-refractivity contribution in [2.45, 2.75) is 19.9 Å². The fraction of sp³-hybridized carbons (Fsp3) is 0.467. The van der Waals surface area contributed by atoms with Crippen LogP contribution < -0.4 is 5.32 Å². The molecule has 0 saturated carbocycles. The third-order valence-electron chi connectivity index (χ3n) is 3.89. The summed E-state index contributed by atoms with van der Waals surface area (Å²) in [6, 6.07) is 3.23. The number of carbonyl (C=O) groups excluding carboxylic acids is 1. The second-order valence-corrected chi connectivity index (χ2v) is 6.82. The Hall–Kier alpha value is -1.08. The number of halogens is 2. The van der Waals surface area contributed by atoms with Crippen LogP contribution in [0.2, 0.25) is 5.22 Å². The molecule has 1 saturated heterocycles. The summed E-state index contributed by atoms with van der Waals surface area (Å²) in [5.41, 5.74) is 2.79. The van der Waals surface area contributed by atoms with Gasteiger partial charge in [0.2, 0.25) is 0 Å². The highest BCUT2D eigenvalue weighted by Gasteiger charge is 2.25. The molecule has 8 heteroatoms. The number of nitrogens with one attached hydrogen (secondary N) is 1. The van der Waals surface area contributed by atoms with Crippen LogP contribution in [0.15, 0.2) is 22.1 Å². The molecule has 0 aliphatic carbocycles. The van der Waals surface area contributed by atoms with E-state index in [1.807, 2.05) is 17.3 Å². The Kier molecular flexibility index (Phi) is 6.47. The SMILES string of the molecule is Cc1ncsc1CN(CC1CCNC1)C(=O)c1ccc(Cl)o1.Cl. The van der Waals surface area contributed by atoms with Gasteiger partial charge >= 0.3 is 0 Å². The zero-order valence-corrected chi connectivity index (χ0v) is 15.1. The molecule has 0 spiro atoms. The van der Waals surface area contributed by atoms with Gasteiger partial charge in [0.1, 0.15) is 0 Å². The minimum absolute atomic E-state index is 0. The number of carbonyl (C=O) groups is 1. The van der Waals surface area contributed by atoms with Gasteiger partial charge in [-0.1, -0.05) is 0 Å². The van der Waals surface area contributed by atoms with Gasteiger partial charge in [-0.3, -0.25) is 4.79 Å². The molecule has 23 heavy (non-hydrogen) atoms. The molecule has 2 aromatic heterocycles. The first-order valence-corrected chi connectivity index (χ1v) is 8.53. The smallest absolute Gasteiger partial charge is 0.289 e. The molecule has 0 bridgehead atoms. The first kappa shape index (κ1) is 18.3. The maximum absolute atomic E-state index is 12.7. The van der Waals surface area contributed by atoms with Gasteiger partial charge in [0.25, 0.3) is 5.91 Å². The minimum Gasteiger partial charge on any atom is -0.440 e. The van der Waals surface area contributed by atoms with Gasteiger partial charge in [-0.25, -0.2) is 4.98 Å². The predicted molar refractivity (Wildman–Crippen MR) is 93.5 cm³/mol. The number of amides is 1. The van der Waals surface area contributed by atoms with E-state index >= 15 is 0 Å². The quantitative estimate of drug-likeness (QED) is 0.869. The molecule has 1 aliphatic rings.